The van der Waals surface area contributed by atoms with Crippen LogP contribution in [0.4, 0.5) is 5.69 Å². The van der Waals surface area contributed by atoms with Gasteiger partial charge in [-0.1, -0.05) is 6.07 Å². The number of ether oxygens (including phenoxy) is 1. The Bertz CT molecular complexity index is 645. The molecule has 3 nitrogen and oxygen atoms in total. The zero-order chi connectivity index (χ0) is 14.9. The van der Waals surface area contributed by atoms with E-state index in [4.69, 9.17) is 4.74 Å². The molecule has 0 saturated heterocycles. The number of carbonyl (C=O) groups excluding carboxylic acids is 1. The predicted molar refractivity (Wildman–Crippen MR) is 87.2 cm³/mol. The van der Waals surface area contributed by atoms with Gasteiger partial charge in [0.2, 0.25) is 0 Å². The Morgan fingerprint density at radius 1 is 1.25 bits per heavy atom. The SMILES string of the molecule is COc1c(C)ccc(NC(=O)c2cc(C)c(Br)s2)c1C. The molecule has 5 heteroatoms. The molecule has 0 aliphatic rings. The average Bonchev–Trinajstić information content (AvgIpc) is 2.74. The summed E-state index contributed by atoms with van der Waals surface area (Å²) in [5, 5.41) is 2.94. The molecule has 1 N–H and O–H groups in total. The Kier molecular flexibility index (Phi) is 4.50. The van der Waals surface area contributed by atoms with Crippen molar-refractivity contribution < 1.29 is 9.53 Å². The van der Waals surface area contributed by atoms with E-state index < -0.39 is 0 Å². The number of halogens is 1. The van der Waals surface area contributed by atoms with Crippen LogP contribution in [0.1, 0.15) is 26.4 Å². The number of hydrogen-bond donors (Lipinski definition) is 1. The van der Waals surface area contributed by atoms with Crippen molar-refractivity contribution >= 4 is 38.9 Å². The molecule has 1 heterocycles. The number of anilines is 1. The fourth-order valence-electron chi connectivity index (χ4n) is 2.03. The first-order valence-electron chi connectivity index (χ1n) is 6.15. The second-order valence-electron chi connectivity index (χ2n) is 4.61. The van der Waals surface area contributed by atoms with Crippen LogP contribution < -0.4 is 10.1 Å². The summed E-state index contributed by atoms with van der Waals surface area (Å²) in [4.78, 5) is 12.9. The van der Waals surface area contributed by atoms with E-state index >= 15 is 0 Å². The van der Waals surface area contributed by atoms with Crippen LogP contribution in [0.5, 0.6) is 5.75 Å². The monoisotopic (exact) mass is 353 g/mol. The van der Waals surface area contributed by atoms with E-state index in [2.05, 4.69) is 21.2 Å². The van der Waals surface area contributed by atoms with E-state index in [0.717, 1.165) is 31.9 Å². The first-order valence-corrected chi connectivity index (χ1v) is 7.76. The van der Waals surface area contributed by atoms with Crippen molar-refractivity contribution in [3.8, 4) is 5.75 Å². The van der Waals surface area contributed by atoms with Crippen LogP contribution in [0.2, 0.25) is 0 Å². The van der Waals surface area contributed by atoms with Crippen molar-refractivity contribution in [2.75, 3.05) is 12.4 Å². The molecule has 0 saturated carbocycles. The second kappa shape index (κ2) is 5.97. The summed E-state index contributed by atoms with van der Waals surface area (Å²) in [7, 11) is 1.64. The van der Waals surface area contributed by atoms with E-state index in [1.165, 1.54) is 11.3 Å². The number of methoxy groups -OCH3 is 1. The van der Waals surface area contributed by atoms with Gasteiger partial charge in [0.25, 0.3) is 5.91 Å². The summed E-state index contributed by atoms with van der Waals surface area (Å²) in [6.45, 7) is 5.89. The van der Waals surface area contributed by atoms with Crippen molar-refractivity contribution in [3.63, 3.8) is 0 Å². The topological polar surface area (TPSA) is 38.3 Å². The van der Waals surface area contributed by atoms with Crippen LogP contribution in [0.25, 0.3) is 0 Å². The summed E-state index contributed by atoms with van der Waals surface area (Å²) < 4.78 is 6.36. The molecular weight excluding hydrogens is 338 g/mol. The highest BCUT2D eigenvalue weighted by molar-refractivity contribution is 9.11. The lowest BCUT2D eigenvalue weighted by Gasteiger charge is -2.13. The van der Waals surface area contributed by atoms with Crippen molar-refractivity contribution in [1.29, 1.82) is 0 Å². The number of nitrogens with one attached hydrogen (secondary N) is 1. The molecule has 1 aromatic heterocycles. The molecule has 0 fully saturated rings. The maximum atomic E-state index is 12.3. The maximum absolute atomic E-state index is 12.3. The largest absolute Gasteiger partial charge is 0.496 e. The number of hydrogen-bond acceptors (Lipinski definition) is 3. The highest BCUT2D eigenvalue weighted by atomic mass is 79.9. The van der Waals surface area contributed by atoms with Gasteiger partial charge in [-0.05, 0) is 60.0 Å². The van der Waals surface area contributed by atoms with Crippen LogP contribution in [-0.4, -0.2) is 13.0 Å². The van der Waals surface area contributed by atoms with Gasteiger partial charge in [-0.15, -0.1) is 11.3 Å². The van der Waals surface area contributed by atoms with Gasteiger partial charge in [0.15, 0.2) is 0 Å². The summed E-state index contributed by atoms with van der Waals surface area (Å²) in [5.41, 5.74) is 3.84. The molecule has 1 aromatic carbocycles. The zero-order valence-electron chi connectivity index (χ0n) is 11.8. The average molecular weight is 354 g/mol. The zero-order valence-corrected chi connectivity index (χ0v) is 14.2. The third-order valence-corrected chi connectivity index (χ3v) is 5.27. The fourth-order valence-corrected chi connectivity index (χ4v) is 3.46. The van der Waals surface area contributed by atoms with E-state index in [1.54, 1.807) is 7.11 Å². The number of amides is 1. The van der Waals surface area contributed by atoms with Crippen LogP contribution in [0, 0.1) is 20.8 Å². The number of carbonyl (C=O) groups is 1. The lowest BCUT2D eigenvalue weighted by molar-refractivity contribution is 0.103. The summed E-state index contributed by atoms with van der Waals surface area (Å²) in [6, 6.07) is 5.72. The van der Waals surface area contributed by atoms with Crippen molar-refractivity contribution in [1.82, 2.24) is 0 Å². The highest BCUT2D eigenvalue weighted by Crippen LogP contribution is 2.31. The number of aryl methyl sites for hydroxylation is 2. The molecule has 2 aromatic rings. The van der Waals surface area contributed by atoms with Gasteiger partial charge < -0.3 is 10.1 Å². The predicted octanol–water partition coefficient (Wildman–Crippen LogP) is 4.70. The van der Waals surface area contributed by atoms with Gasteiger partial charge in [0.05, 0.1) is 15.8 Å². The van der Waals surface area contributed by atoms with Gasteiger partial charge in [-0.2, -0.15) is 0 Å². The van der Waals surface area contributed by atoms with Crippen LogP contribution in [-0.2, 0) is 0 Å². The summed E-state index contributed by atoms with van der Waals surface area (Å²) in [5.74, 6) is 0.712. The third-order valence-electron chi connectivity index (χ3n) is 3.14. The van der Waals surface area contributed by atoms with Gasteiger partial charge in [0, 0.05) is 11.3 Å². The molecule has 0 aliphatic carbocycles. The van der Waals surface area contributed by atoms with E-state index in [9.17, 15) is 4.79 Å². The lowest BCUT2D eigenvalue weighted by Crippen LogP contribution is -2.11. The fraction of sp³-hybridized carbons (Fsp3) is 0.267. The molecule has 0 spiro atoms. The molecule has 0 radical (unpaired) electrons. The van der Waals surface area contributed by atoms with Gasteiger partial charge in [0.1, 0.15) is 5.75 Å². The molecule has 1 amide bonds. The Morgan fingerprint density at radius 3 is 2.50 bits per heavy atom. The Morgan fingerprint density at radius 2 is 1.95 bits per heavy atom. The summed E-state index contributed by atoms with van der Waals surface area (Å²) >= 11 is 4.87. The minimum absolute atomic E-state index is 0.0993. The maximum Gasteiger partial charge on any atom is 0.265 e. The molecule has 20 heavy (non-hydrogen) atoms. The lowest BCUT2D eigenvalue weighted by atomic mass is 10.1. The molecule has 0 aliphatic heterocycles. The number of benzene rings is 1. The highest BCUT2D eigenvalue weighted by Gasteiger charge is 2.14. The Hall–Kier alpha value is -1.33. The molecule has 0 bridgehead atoms. The van der Waals surface area contributed by atoms with Crippen LogP contribution >= 0.6 is 27.3 Å². The number of thiophene rings is 1. The normalized spacial score (nSPS) is 10.4. The second-order valence-corrected chi connectivity index (χ2v) is 6.98. The first kappa shape index (κ1) is 15.1. The van der Waals surface area contributed by atoms with Crippen LogP contribution in [0.15, 0.2) is 22.0 Å². The van der Waals surface area contributed by atoms with E-state index in [-0.39, 0.29) is 5.91 Å². The van der Waals surface area contributed by atoms with E-state index in [0.29, 0.717) is 4.88 Å². The van der Waals surface area contributed by atoms with Gasteiger partial charge in [-0.25, -0.2) is 0 Å². The molecular formula is C15H16BrNO2S. The Labute approximate surface area is 131 Å². The first-order chi connectivity index (χ1) is 9.43. The quantitative estimate of drug-likeness (QED) is 0.868. The third kappa shape index (κ3) is 2.88. The minimum Gasteiger partial charge on any atom is -0.496 e. The number of rotatable bonds is 3. The van der Waals surface area contributed by atoms with Gasteiger partial charge in [-0.3, -0.25) is 4.79 Å². The Balaban J connectivity index is 2.28. The van der Waals surface area contributed by atoms with Gasteiger partial charge >= 0.3 is 0 Å². The minimum atomic E-state index is -0.0993. The van der Waals surface area contributed by atoms with E-state index in [1.807, 2.05) is 39.0 Å². The molecule has 0 unspecified atom stereocenters. The standard InChI is InChI=1S/C15H16BrNO2S/c1-8-5-6-11(10(3)13(8)19-4)17-15(18)12-7-9(2)14(16)20-12/h5-7H,1-4H3,(H,17,18). The molecule has 106 valence electrons. The van der Waals surface area contributed by atoms with Crippen molar-refractivity contribution in [2.24, 2.45) is 0 Å². The van der Waals surface area contributed by atoms with Crippen LogP contribution in [0.3, 0.4) is 0 Å². The summed E-state index contributed by atoms with van der Waals surface area (Å²) in [6.07, 6.45) is 0. The molecule has 0 atom stereocenters. The molecule has 2 rings (SSSR count). The van der Waals surface area contributed by atoms with Crippen molar-refractivity contribution in [2.45, 2.75) is 20.8 Å². The van der Waals surface area contributed by atoms with Crippen molar-refractivity contribution in [3.05, 3.63) is 43.6 Å². The smallest absolute Gasteiger partial charge is 0.265 e.